The number of benzene rings is 2. The van der Waals surface area contributed by atoms with Crippen molar-refractivity contribution in [3.63, 3.8) is 0 Å². The van der Waals surface area contributed by atoms with E-state index < -0.39 is 0 Å². The molecule has 0 fully saturated rings. The van der Waals surface area contributed by atoms with Gasteiger partial charge >= 0.3 is 0 Å². The van der Waals surface area contributed by atoms with Gasteiger partial charge in [0.05, 0.1) is 11.6 Å². The van der Waals surface area contributed by atoms with Crippen molar-refractivity contribution >= 4 is 19.2 Å². The van der Waals surface area contributed by atoms with Crippen LogP contribution in [0.1, 0.15) is 0 Å². The first-order valence-corrected chi connectivity index (χ1v) is 5.37. The molecule has 3 heteroatoms. The monoisotopic (exact) mass is 221 g/mol. The average Bonchev–Trinajstić information content (AvgIpc) is 2.24. The summed E-state index contributed by atoms with van der Waals surface area (Å²) in [6, 6.07) is 12.8. The molecule has 0 bridgehead atoms. The highest BCUT2D eigenvalue weighted by atomic mass is 31.1. The molecule has 0 nitrogen and oxygen atoms in total. The van der Waals surface area contributed by atoms with E-state index >= 15 is 0 Å². The lowest BCUT2D eigenvalue weighted by atomic mass is 10.3. The van der Waals surface area contributed by atoms with Gasteiger partial charge in [0.25, 0.3) is 0 Å². The van der Waals surface area contributed by atoms with Crippen molar-refractivity contribution in [2.24, 2.45) is 0 Å². The van der Waals surface area contributed by atoms with Crippen LogP contribution in [0.2, 0.25) is 0 Å². The van der Waals surface area contributed by atoms with Gasteiger partial charge < -0.3 is 8.58 Å². The van der Waals surface area contributed by atoms with Crippen LogP contribution in [0, 0.1) is 11.6 Å². The zero-order chi connectivity index (χ0) is 10.7. The van der Waals surface area contributed by atoms with E-state index in [1.54, 1.807) is 36.4 Å². The van der Waals surface area contributed by atoms with E-state index in [4.69, 9.17) is 0 Å². The lowest BCUT2D eigenvalue weighted by molar-refractivity contribution is 0.635. The third kappa shape index (κ3) is 2.40. The van der Waals surface area contributed by atoms with Gasteiger partial charge in [-0.15, -0.1) is 0 Å². The minimum Gasteiger partial charge on any atom is -0.466 e. The zero-order valence-electron chi connectivity index (χ0n) is 7.82. The molecule has 0 atom stereocenters. The van der Waals surface area contributed by atoms with Crippen LogP contribution in [0.3, 0.4) is 0 Å². The Bertz CT molecular complexity index is 425. The summed E-state index contributed by atoms with van der Waals surface area (Å²) in [7, 11) is 0.558. The minimum atomic E-state index is -0.303. The number of rotatable bonds is 2. The summed E-state index contributed by atoms with van der Waals surface area (Å²) in [4.78, 5) is 0. The van der Waals surface area contributed by atoms with E-state index in [1.807, 2.05) is 0 Å². The molecule has 15 heavy (non-hydrogen) atoms. The normalized spacial score (nSPS) is 10.3. The molecule has 0 amide bonds. The molecule has 0 aliphatic carbocycles. The van der Waals surface area contributed by atoms with Crippen molar-refractivity contribution in [3.05, 3.63) is 60.2 Å². The van der Waals surface area contributed by atoms with Gasteiger partial charge in [-0.05, 0) is 12.1 Å². The van der Waals surface area contributed by atoms with Crippen molar-refractivity contribution in [1.82, 2.24) is 0 Å². The van der Waals surface area contributed by atoms with Crippen LogP contribution >= 0.6 is 8.58 Å². The van der Waals surface area contributed by atoms with Gasteiger partial charge in [-0.25, -0.2) is 8.78 Å². The third-order valence-electron chi connectivity index (χ3n) is 1.95. The zero-order valence-corrected chi connectivity index (χ0v) is 8.72. The van der Waals surface area contributed by atoms with Crippen LogP contribution in [0.4, 0.5) is 8.78 Å². The molecule has 0 heterocycles. The molecule has 0 saturated carbocycles. The Morgan fingerprint density at radius 1 is 0.667 bits per heavy atom. The van der Waals surface area contributed by atoms with E-state index in [-0.39, 0.29) is 11.6 Å². The lowest BCUT2D eigenvalue weighted by Gasteiger charge is -2.20. The van der Waals surface area contributed by atoms with Gasteiger partial charge in [-0.1, -0.05) is 36.4 Å². The van der Waals surface area contributed by atoms with Gasteiger partial charge in [0.2, 0.25) is 0 Å². The Labute approximate surface area is 88.7 Å². The summed E-state index contributed by atoms with van der Waals surface area (Å²) in [5.41, 5.74) is 0. The first-order chi connectivity index (χ1) is 7.27. The Morgan fingerprint density at radius 3 is 1.47 bits per heavy atom. The number of hydrogen-bond acceptors (Lipinski definition) is 0. The van der Waals surface area contributed by atoms with Crippen molar-refractivity contribution in [2.45, 2.75) is 0 Å². The molecule has 0 radical (unpaired) electrons. The van der Waals surface area contributed by atoms with Crippen LogP contribution in [0.15, 0.2) is 48.5 Å². The van der Waals surface area contributed by atoms with E-state index in [0.29, 0.717) is 19.2 Å². The molecule has 0 aliphatic heterocycles. The Balaban J connectivity index is 2.30. The molecule has 0 unspecified atom stereocenters. The largest absolute Gasteiger partial charge is 0.466 e. The first kappa shape index (κ1) is 10.3. The average molecular weight is 221 g/mol. The topological polar surface area (TPSA) is 0 Å². The maximum Gasteiger partial charge on any atom is 0.0958 e. The molecule has 2 rings (SSSR count). The second kappa shape index (κ2) is 4.50. The maximum absolute atomic E-state index is 13.3. The Morgan fingerprint density at radius 2 is 1.07 bits per heavy atom. The lowest BCUT2D eigenvalue weighted by Crippen LogP contribution is -2.09. The quantitative estimate of drug-likeness (QED) is 0.684. The van der Waals surface area contributed by atoms with Crippen molar-refractivity contribution in [2.75, 3.05) is 0 Å². The second-order valence-electron chi connectivity index (χ2n) is 3.01. The molecule has 0 aromatic heterocycles. The van der Waals surface area contributed by atoms with Crippen LogP contribution in [0.5, 0.6) is 0 Å². The molecular formula is C12H8F2P-. The fourth-order valence-corrected chi connectivity index (χ4v) is 2.16. The van der Waals surface area contributed by atoms with Gasteiger partial charge in [-0.3, -0.25) is 0 Å². The summed E-state index contributed by atoms with van der Waals surface area (Å²) in [6.07, 6.45) is 0. The van der Waals surface area contributed by atoms with Gasteiger partial charge in [0.1, 0.15) is 0 Å². The highest BCUT2D eigenvalue weighted by Crippen LogP contribution is 2.14. The van der Waals surface area contributed by atoms with Gasteiger partial charge in [0.15, 0.2) is 0 Å². The summed E-state index contributed by atoms with van der Waals surface area (Å²) in [5, 5.41) is 0.977. The minimum absolute atomic E-state index is 0.303. The van der Waals surface area contributed by atoms with E-state index in [9.17, 15) is 8.78 Å². The molecule has 2 aromatic rings. The summed E-state index contributed by atoms with van der Waals surface area (Å²) < 4.78 is 26.6. The predicted octanol–water partition coefficient (Wildman–Crippen LogP) is 2.86. The Hall–Kier alpha value is -1.27. The second-order valence-corrected chi connectivity index (χ2v) is 4.20. The number of hydrogen-bond donors (Lipinski definition) is 0. The van der Waals surface area contributed by atoms with Crippen molar-refractivity contribution in [1.29, 1.82) is 0 Å². The highest BCUT2D eigenvalue weighted by molar-refractivity contribution is 7.55. The SMILES string of the molecule is Fc1ccccc1[P-]c1ccccc1F. The maximum atomic E-state index is 13.3. The molecule has 2 aromatic carbocycles. The molecule has 0 spiro atoms. The highest BCUT2D eigenvalue weighted by Gasteiger charge is 1.93. The standard InChI is InChI=1S/C12H8F2P/c13-9-5-1-3-7-11(9)15-12-8-4-2-6-10(12)14/h1-8H/q-1. The van der Waals surface area contributed by atoms with Gasteiger partial charge in [-0.2, -0.15) is 10.6 Å². The fourth-order valence-electron chi connectivity index (χ4n) is 1.21. The smallest absolute Gasteiger partial charge is 0.0958 e. The molecule has 0 saturated heterocycles. The van der Waals surface area contributed by atoms with Crippen LogP contribution in [-0.4, -0.2) is 0 Å². The molecule has 0 aliphatic rings. The predicted molar refractivity (Wildman–Crippen MR) is 59.0 cm³/mol. The first-order valence-electron chi connectivity index (χ1n) is 4.48. The summed E-state index contributed by atoms with van der Waals surface area (Å²) in [5.74, 6) is -0.607. The fraction of sp³-hybridized carbons (Fsp3) is 0. The van der Waals surface area contributed by atoms with Crippen LogP contribution in [-0.2, 0) is 0 Å². The van der Waals surface area contributed by atoms with Crippen LogP contribution < -0.4 is 10.6 Å². The molecule has 0 N–H and O–H groups in total. The third-order valence-corrected chi connectivity index (χ3v) is 3.15. The van der Waals surface area contributed by atoms with E-state index in [1.165, 1.54) is 12.1 Å². The van der Waals surface area contributed by atoms with Crippen molar-refractivity contribution < 1.29 is 8.78 Å². The molecule has 76 valence electrons. The number of halogens is 2. The summed E-state index contributed by atoms with van der Waals surface area (Å²) in [6.45, 7) is 0. The van der Waals surface area contributed by atoms with Gasteiger partial charge in [0, 0.05) is 0 Å². The van der Waals surface area contributed by atoms with Crippen molar-refractivity contribution in [3.8, 4) is 0 Å². The summed E-state index contributed by atoms with van der Waals surface area (Å²) >= 11 is 0. The van der Waals surface area contributed by atoms with E-state index in [2.05, 4.69) is 0 Å². The molecular weight excluding hydrogens is 213 g/mol. The van der Waals surface area contributed by atoms with Crippen LogP contribution in [0.25, 0.3) is 0 Å². The van der Waals surface area contributed by atoms with E-state index in [0.717, 1.165) is 0 Å². The Kier molecular flexibility index (Phi) is 3.08.